The number of halogens is 2. The molecular weight excluding hydrogens is 266 g/mol. The van der Waals surface area contributed by atoms with E-state index in [1.54, 1.807) is 12.3 Å². The van der Waals surface area contributed by atoms with Crippen molar-refractivity contribution in [2.45, 2.75) is 27.0 Å². The van der Waals surface area contributed by atoms with Crippen molar-refractivity contribution in [3.8, 4) is 5.75 Å². The molecule has 0 unspecified atom stereocenters. The van der Waals surface area contributed by atoms with Gasteiger partial charge in [-0.15, -0.1) is 0 Å². The monoisotopic (exact) mass is 280 g/mol. The highest BCUT2D eigenvalue weighted by atomic mass is 19.3. The number of alkyl halides is 2. The summed E-state index contributed by atoms with van der Waals surface area (Å²) < 4.78 is 28.2. The number of ether oxygens (including phenoxy) is 1. The van der Waals surface area contributed by atoms with Crippen LogP contribution in [0.15, 0.2) is 24.5 Å². The van der Waals surface area contributed by atoms with Crippen molar-refractivity contribution in [2.75, 3.05) is 5.32 Å². The predicted molar refractivity (Wildman–Crippen MR) is 69.7 cm³/mol. The Bertz CT molecular complexity index is 575. The van der Waals surface area contributed by atoms with Gasteiger partial charge in [-0.2, -0.15) is 8.78 Å². The van der Waals surface area contributed by atoms with Crippen molar-refractivity contribution < 1.29 is 13.5 Å². The topological polar surface area (TPSA) is 59.9 Å². The second kappa shape index (κ2) is 6.23. The fourth-order valence-electron chi connectivity index (χ4n) is 1.57. The van der Waals surface area contributed by atoms with Crippen LogP contribution in [0.3, 0.4) is 0 Å². The number of aryl methyl sites for hydroxylation is 2. The Labute approximate surface area is 115 Å². The second-order valence-corrected chi connectivity index (χ2v) is 4.16. The fourth-order valence-corrected chi connectivity index (χ4v) is 1.57. The van der Waals surface area contributed by atoms with Crippen LogP contribution in [0, 0.1) is 13.8 Å². The Morgan fingerprint density at radius 3 is 2.65 bits per heavy atom. The van der Waals surface area contributed by atoms with Gasteiger partial charge in [0.2, 0.25) is 0 Å². The van der Waals surface area contributed by atoms with Gasteiger partial charge in [-0.05, 0) is 26.0 Å². The minimum atomic E-state index is -2.84. The Kier molecular flexibility index (Phi) is 4.39. The van der Waals surface area contributed by atoms with Gasteiger partial charge in [-0.1, -0.05) is 0 Å². The smallest absolute Gasteiger partial charge is 0.387 e. The average molecular weight is 280 g/mol. The first kappa shape index (κ1) is 14.1. The molecule has 0 aliphatic rings. The molecule has 0 amide bonds. The van der Waals surface area contributed by atoms with E-state index < -0.39 is 6.61 Å². The van der Waals surface area contributed by atoms with Gasteiger partial charge in [0, 0.05) is 6.20 Å². The second-order valence-electron chi connectivity index (χ2n) is 4.16. The SMILES string of the molecule is Cc1cnc(C)c(NCc2ccc(OC(F)F)cn2)n1. The van der Waals surface area contributed by atoms with E-state index in [1.807, 2.05) is 13.8 Å². The molecule has 1 N–H and O–H groups in total. The van der Waals surface area contributed by atoms with Crippen LogP contribution in [-0.2, 0) is 6.54 Å². The molecule has 2 aromatic rings. The molecule has 0 atom stereocenters. The van der Waals surface area contributed by atoms with Crippen molar-refractivity contribution in [3.05, 3.63) is 41.6 Å². The summed E-state index contributed by atoms with van der Waals surface area (Å²) in [6.07, 6.45) is 2.95. The highest BCUT2D eigenvalue weighted by Crippen LogP contribution is 2.14. The largest absolute Gasteiger partial charge is 0.433 e. The van der Waals surface area contributed by atoms with E-state index in [0.717, 1.165) is 11.4 Å². The van der Waals surface area contributed by atoms with E-state index in [1.165, 1.54) is 12.3 Å². The van der Waals surface area contributed by atoms with E-state index in [0.29, 0.717) is 18.1 Å². The molecule has 0 aromatic carbocycles. The van der Waals surface area contributed by atoms with Crippen LogP contribution in [0.5, 0.6) is 5.75 Å². The molecule has 0 aliphatic heterocycles. The first-order chi connectivity index (χ1) is 9.54. The lowest BCUT2D eigenvalue weighted by Gasteiger charge is -2.09. The van der Waals surface area contributed by atoms with Gasteiger partial charge < -0.3 is 10.1 Å². The summed E-state index contributed by atoms with van der Waals surface area (Å²) in [4.78, 5) is 12.5. The molecule has 0 spiro atoms. The molecule has 0 saturated carbocycles. The third-order valence-corrected chi connectivity index (χ3v) is 2.54. The third-order valence-electron chi connectivity index (χ3n) is 2.54. The van der Waals surface area contributed by atoms with Crippen LogP contribution in [0.4, 0.5) is 14.6 Å². The third kappa shape index (κ3) is 3.84. The molecular formula is C13H14F2N4O. The van der Waals surface area contributed by atoms with Crippen molar-refractivity contribution in [1.82, 2.24) is 15.0 Å². The maximum atomic E-state index is 12.0. The number of nitrogens with one attached hydrogen (secondary N) is 1. The van der Waals surface area contributed by atoms with E-state index in [4.69, 9.17) is 0 Å². The van der Waals surface area contributed by atoms with Gasteiger partial charge >= 0.3 is 6.61 Å². The lowest BCUT2D eigenvalue weighted by molar-refractivity contribution is -0.0500. The quantitative estimate of drug-likeness (QED) is 0.912. The molecule has 0 aliphatic carbocycles. The van der Waals surface area contributed by atoms with E-state index in [-0.39, 0.29) is 5.75 Å². The fraction of sp³-hybridized carbons (Fsp3) is 0.308. The molecule has 0 radical (unpaired) electrons. The number of anilines is 1. The van der Waals surface area contributed by atoms with Gasteiger partial charge in [-0.25, -0.2) is 4.98 Å². The van der Waals surface area contributed by atoms with Crippen LogP contribution >= 0.6 is 0 Å². The zero-order valence-electron chi connectivity index (χ0n) is 11.1. The number of aromatic nitrogens is 3. The van der Waals surface area contributed by atoms with Crippen molar-refractivity contribution in [2.24, 2.45) is 0 Å². The van der Waals surface area contributed by atoms with Crippen LogP contribution in [0.25, 0.3) is 0 Å². The standard InChI is InChI=1S/C13H14F2N4O/c1-8-5-16-9(2)12(19-8)18-6-10-3-4-11(7-17-10)20-13(14)15/h3-5,7,13H,6H2,1-2H3,(H,18,19). The summed E-state index contributed by atoms with van der Waals surface area (Å²) in [6.45, 7) is 1.29. The van der Waals surface area contributed by atoms with Gasteiger partial charge in [-0.3, -0.25) is 9.97 Å². The van der Waals surface area contributed by atoms with Gasteiger partial charge in [0.1, 0.15) is 11.6 Å². The summed E-state index contributed by atoms with van der Waals surface area (Å²) >= 11 is 0. The molecule has 106 valence electrons. The first-order valence-corrected chi connectivity index (χ1v) is 5.98. The summed E-state index contributed by atoms with van der Waals surface area (Å²) in [6, 6.07) is 3.06. The van der Waals surface area contributed by atoms with Crippen molar-refractivity contribution in [3.63, 3.8) is 0 Å². The molecule has 2 heterocycles. The maximum Gasteiger partial charge on any atom is 0.387 e. The summed E-state index contributed by atoms with van der Waals surface area (Å²) in [5.74, 6) is 0.718. The van der Waals surface area contributed by atoms with Gasteiger partial charge in [0.15, 0.2) is 0 Å². The van der Waals surface area contributed by atoms with E-state index in [9.17, 15) is 8.78 Å². The lowest BCUT2D eigenvalue weighted by atomic mass is 10.3. The average Bonchev–Trinajstić information content (AvgIpc) is 2.41. The van der Waals surface area contributed by atoms with Crippen LogP contribution in [0.2, 0.25) is 0 Å². The highest BCUT2D eigenvalue weighted by molar-refractivity contribution is 5.40. The van der Waals surface area contributed by atoms with Crippen LogP contribution in [0.1, 0.15) is 17.1 Å². The van der Waals surface area contributed by atoms with Crippen LogP contribution < -0.4 is 10.1 Å². The molecule has 7 heteroatoms. The van der Waals surface area contributed by atoms with Crippen molar-refractivity contribution >= 4 is 5.82 Å². The summed E-state index contributed by atoms with van der Waals surface area (Å²) in [5, 5.41) is 3.11. The Morgan fingerprint density at radius 1 is 1.20 bits per heavy atom. The predicted octanol–water partition coefficient (Wildman–Crippen LogP) is 2.70. The molecule has 0 fully saturated rings. The van der Waals surface area contributed by atoms with Gasteiger partial charge in [0.25, 0.3) is 0 Å². The molecule has 0 bridgehead atoms. The number of nitrogens with zero attached hydrogens (tertiary/aromatic N) is 3. The molecule has 0 saturated heterocycles. The maximum absolute atomic E-state index is 12.0. The first-order valence-electron chi connectivity index (χ1n) is 5.98. The molecule has 2 rings (SSSR count). The molecule has 2 aromatic heterocycles. The van der Waals surface area contributed by atoms with E-state index in [2.05, 4.69) is 25.0 Å². The minimum Gasteiger partial charge on any atom is -0.433 e. The van der Waals surface area contributed by atoms with E-state index >= 15 is 0 Å². The number of hydrogen-bond acceptors (Lipinski definition) is 5. The summed E-state index contributed by atoms with van der Waals surface area (Å²) in [7, 11) is 0. The zero-order valence-corrected chi connectivity index (χ0v) is 11.1. The molecule has 5 nitrogen and oxygen atoms in total. The molecule has 20 heavy (non-hydrogen) atoms. The summed E-state index contributed by atoms with van der Waals surface area (Å²) in [5.41, 5.74) is 2.29. The van der Waals surface area contributed by atoms with Crippen molar-refractivity contribution in [1.29, 1.82) is 0 Å². The highest BCUT2D eigenvalue weighted by Gasteiger charge is 2.05. The Balaban J connectivity index is 1.98. The number of rotatable bonds is 5. The Hall–Kier alpha value is -2.31. The zero-order chi connectivity index (χ0) is 14.5. The van der Waals surface area contributed by atoms with Gasteiger partial charge in [0.05, 0.1) is 29.8 Å². The normalized spacial score (nSPS) is 10.7. The van der Waals surface area contributed by atoms with Crippen LogP contribution in [-0.4, -0.2) is 21.6 Å². The Morgan fingerprint density at radius 2 is 2.00 bits per heavy atom. The number of pyridine rings is 1. The lowest BCUT2D eigenvalue weighted by Crippen LogP contribution is -2.07. The minimum absolute atomic E-state index is 0.0373. The number of hydrogen-bond donors (Lipinski definition) is 1.